The summed E-state index contributed by atoms with van der Waals surface area (Å²) in [7, 11) is 0. The van der Waals surface area contributed by atoms with Crippen molar-refractivity contribution in [3.63, 3.8) is 0 Å². The van der Waals surface area contributed by atoms with E-state index in [1.165, 1.54) is 122 Å². The third-order valence-electron chi connectivity index (χ3n) is 5.81. The first kappa shape index (κ1) is 28.9. The zero-order chi connectivity index (χ0) is 22.0. The molecule has 30 heavy (non-hydrogen) atoms. The van der Waals surface area contributed by atoms with E-state index < -0.39 is 5.97 Å². The second kappa shape index (κ2) is 26.0. The van der Waals surface area contributed by atoms with Crippen molar-refractivity contribution in [1.29, 1.82) is 0 Å². The average Bonchev–Trinajstić information content (AvgIpc) is 2.73. The van der Waals surface area contributed by atoms with E-state index in [0.717, 1.165) is 12.8 Å². The molecule has 0 atom stereocenters. The number of unbranched alkanes of at least 4 members (excludes halogenated alkanes) is 18. The van der Waals surface area contributed by atoms with Crippen LogP contribution in [0.1, 0.15) is 148 Å². The van der Waals surface area contributed by atoms with Gasteiger partial charge in [0, 0.05) is 6.42 Å². The molecule has 0 spiro atoms. The van der Waals surface area contributed by atoms with Crippen LogP contribution in [0, 0.1) is 0 Å². The van der Waals surface area contributed by atoms with Crippen molar-refractivity contribution in [1.82, 2.24) is 0 Å². The number of hydrogen-bond acceptors (Lipinski definition) is 1. The molecular weight excluding hydrogens is 368 g/mol. The Labute approximate surface area is 188 Å². The molecule has 0 heterocycles. The van der Waals surface area contributed by atoms with Crippen molar-refractivity contribution in [3.05, 3.63) is 24.3 Å². The maximum absolute atomic E-state index is 10.4. The van der Waals surface area contributed by atoms with Gasteiger partial charge in [0.15, 0.2) is 0 Å². The van der Waals surface area contributed by atoms with Crippen LogP contribution in [0.5, 0.6) is 0 Å². The smallest absolute Gasteiger partial charge is 0.303 e. The maximum Gasteiger partial charge on any atom is 0.303 e. The highest BCUT2D eigenvalue weighted by atomic mass is 16.4. The molecular formula is C28H52O2. The standard InChI is InChI=1S/C28H52O2/c1-2-3-4-5-6-7-8-9-10-11-12-13-14-15-16-17-18-19-20-21-22-23-24-25-26-27-28(29)30/h7-8,19-20H,2-6,9-18,21-27H2,1H3,(H,29,30)/b8-7-,20-19-. The van der Waals surface area contributed by atoms with Gasteiger partial charge in [0.2, 0.25) is 0 Å². The molecule has 0 saturated heterocycles. The molecule has 0 aromatic rings. The summed E-state index contributed by atoms with van der Waals surface area (Å²) in [6, 6.07) is 0. The lowest BCUT2D eigenvalue weighted by molar-refractivity contribution is -0.137. The molecule has 176 valence electrons. The summed E-state index contributed by atoms with van der Waals surface area (Å²) in [4.78, 5) is 10.4. The Morgan fingerprint density at radius 1 is 0.500 bits per heavy atom. The van der Waals surface area contributed by atoms with Crippen LogP contribution in [0.3, 0.4) is 0 Å². The van der Waals surface area contributed by atoms with Gasteiger partial charge in [-0.25, -0.2) is 0 Å². The molecule has 2 nitrogen and oxygen atoms in total. The van der Waals surface area contributed by atoms with Crippen LogP contribution in [-0.2, 0) is 4.79 Å². The molecule has 0 aliphatic carbocycles. The van der Waals surface area contributed by atoms with Crippen LogP contribution in [0.2, 0.25) is 0 Å². The number of hydrogen-bond donors (Lipinski definition) is 1. The Hall–Kier alpha value is -1.05. The van der Waals surface area contributed by atoms with E-state index in [0.29, 0.717) is 6.42 Å². The van der Waals surface area contributed by atoms with Crippen LogP contribution in [-0.4, -0.2) is 11.1 Å². The number of carboxylic acids is 1. The highest BCUT2D eigenvalue weighted by molar-refractivity contribution is 5.66. The SMILES string of the molecule is CCCCCC/C=C\CCCCCCCCCC/C=C\CCCCCCCC(=O)O. The molecule has 0 bridgehead atoms. The van der Waals surface area contributed by atoms with Gasteiger partial charge < -0.3 is 5.11 Å². The molecule has 0 aromatic heterocycles. The van der Waals surface area contributed by atoms with Crippen LogP contribution in [0.4, 0.5) is 0 Å². The first-order chi connectivity index (χ1) is 14.8. The lowest BCUT2D eigenvalue weighted by atomic mass is 10.1. The summed E-state index contributed by atoms with van der Waals surface area (Å²) >= 11 is 0. The molecule has 2 heteroatoms. The fourth-order valence-electron chi connectivity index (χ4n) is 3.81. The van der Waals surface area contributed by atoms with Gasteiger partial charge >= 0.3 is 5.97 Å². The lowest BCUT2D eigenvalue weighted by Gasteiger charge is -2.01. The van der Waals surface area contributed by atoms with Crippen molar-refractivity contribution in [2.75, 3.05) is 0 Å². The van der Waals surface area contributed by atoms with E-state index in [9.17, 15) is 4.79 Å². The summed E-state index contributed by atoms with van der Waals surface area (Å²) in [6.07, 6.45) is 37.1. The molecule has 0 rings (SSSR count). The van der Waals surface area contributed by atoms with Crippen LogP contribution >= 0.6 is 0 Å². The minimum Gasteiger partial charge on any atom is -0.481 e. The predicted molar refractivity (Wildman–Crippen MR) is 133 cm³/mol. The number of rotatable bonds is 24. The summed E-state index contributed by atoms with van der Waals surface area (Å²) in [5.41, 5.74) is 0. The number of aliphatic carboxylic acids is 1. The fourth-order valence-corrected chi connectivity index (χ4v) is 3.81. The van der Waals surface area contributed by atoms with Crippen molar-refractivity contribution >= 4 is 5.97 Å². The van der Waals surface area contributed by atoms with Crippen molar-refractivity contribution in [2.45, 2.75) is 148 Å². The Morgan fingerprint density at radius 3 is 1.13 bits per heavy atom. The van der Waals surface area contributed by atoms with Gasteiger partial charge in [-0.3, -0.25) is 4.79 Å². The monoisotopic (exact) mass is 420 g/mol. The summed E-state index contributed by atoms with van der Waals surface area (Å²) in [5.74, 6) is -0.662. The highest BCUT2D eigenvalue weighted by Crippen LogP contribution is 2.12. The van der Waals surface area contributed by atoms with Gasteiger partial charge in [-0.15, -0.1) is 0 Å². The second-order valence-electron chi connectivity index (χ2n) is 8.90. The Kier molecular flexibility index (Phi) is 25.1. The molecule has 0 fully saturated rings. The molecule has 0 unspecified atom stereocenters. The van der Waals surface area contributed by atoms with Crippen LogP contribution < -0.4 is 0 Å². The van der Waals surface area contributed by atoms with Gasteiger partial charge in [-0.05, 0) is 57.8 Å². The van der Waals surface area contributed by atoms with Gasteiger partial charge in [-0.1, -0.05) is 108 Å². The first-order valence-electron chi connectivity index (χ1n) is 13.3. The third-order valence-corrected chi connectivity index (χ3v) is 5.81. The van der Waals surface area contributed by atoms with Crippen molar-refractivity contribution in [2.24, 2.45) is 0 Å². The molecule has 0 aliphatic rings. The van der Waals surface area contributed by atoms with E-state index in [1.54, 1.807) is 0 Å². The van der Waals surface area contributed by atoms with E-state index in [1.807, 2.05) is 0 Å². The van der Waals surface area contributed by atoms with E-state index >= 15 is 0 Å². The van der Waals surface area contributed by atoms with Crippen LogP contribution in [0.15, 0.2) is 24.3 Å². The summed E-state index contributed by atoms with van der Waals surface area (Å²) < 4.78 is 0. The topological polar surface area (TPSA) is 37.3 Å². The van der Waals surface area contributed by atoms with Gasteiger partial charge in [0.25, 0.3) is 0 Å². The van der Waals surface area contributed by atoms with E-state index in [4.69, 9.17) is 5.11 Å². The number of allylic oxidation sites excluding steroid dienone is 4. The Balaban J connectivity index is 3.13. The predicted octanol–water partition coefficient (Wildman–Crippen LogP) is 9.79. The lowest BCUT2D eigenvalue weighted by Crippen LogP contribution is -1.93. The van der Waals surface area contributed by atoms with E-state index in [2.05, 4.69) is 31.2 Å². The van der Waals surface area contributed by atoms with Gasteiger partial charge in [0.05, 0.1) is 0 Å². The second-order valence-corrected chi connectivity index (χ2v) is 8.90. The third kappa shape index (κ3) is 27.0. The first-order valence-corrected chi connectivity index (χ1v) is 13.3. The van der Waals surface area contributed by atoms with Crippen molar-refractivity contribution in [3.8, 4) is 0 Å². The molecule has 0 aliphatic heterocycles. The largest absolute Gasteiger partial charge is 0.481 e. The quantitative estimate of drug-likeness (QED) is 0.125. The molecule has 1 N–H and O–H groups in total. The minimum atomic E-state index is -0.662. The molecule has 0 saturated carbocycles. The van der Waals surface area contributed by atoms with E-state index in [-0.39, 0.29) is 0 Å². The zero-order valence-electron chi connectivity index (χ0n) is 20.2. The van der Waals surface area contributed by atoms with Gasteiger partial charge in [-0.2, -0.15) is 0 Å². The highest BCUT2D eigenvalue weighted by Gasteiger charge is 1.96. The molecule has 0 radical (unpaired) electrons. The molecule has 0 aromatic carbocycles. The van der Waals surface area contributed by atoms with Crippen molar-refractivity contribution < 1.29 is 9.90 Å². The number of carbonyl (C=O) groups is 1. The van der Waals surface area contributed by atoms with Gasteiger partial charge in [0.1, 0.15) is 0 Å². The normalized spacial score (nSPS) is 11.8. The Morgan fingerprint density at radius 2 is 0.800 bits per heavy atom. The summed E-state index contributed by atoms with van der Waals surface area (Å²) in [6.45, 7) is 2.27. The fraction of sp³-hybridized carbons (Fsp3) is 0.821. The minimum absolute atomic E-state index is 0.330. The summed E-state index contributed by atoms with van der Waals surface area (Å²) in [5, 5.41) is 8.59. The Bertz CT molecular complexity index is 397. The maximum atomic E-state index is 10.4. The molecule has 0 amide bonds. The zero-order valence-corrected chi connectivity index (χ0v) is 20.2. The van der Waals surface area contributed by atoms with Crippen LogP contribution in [0.25, 0.3) is 0 Å². The number of carboxylic acid groups (broad SMARTS) is 1. The average molecular weight is 421 g/mol.